The monoisotopic (exact) mass is 539 g/mol. The Morgan fingerprint density at radius 3 is 2.58 bits per heavy atom. The molecular weight excluding hydrogens is 513 g/mol. The zero-order valence-corrected chi connectivity index (χ0v) is 22.0. The van der Waals surface area contributed by atoms with Gasteiger partial charge in [0.1, 0.15) is 11.5 Å². The summed E-state index contributed by atoms with van der Waals surface area (Å²) in [6, 6.07) is 10.2. The number of aryl methyl sites for hydroxylation is 1. The summed E-state index contributed by atoms with van der Waals surface area (Å²) in [5.41, 5.74) is 1.56. The van der Waals surface area contributed by atoms with Crippen molar-refractivity contribution in [2.24, 2.45) is 5.92 Å². The molecule has 0 aliphatic heterocycles. The van der Waals surface area contributed by atoms with E-state index >= 15 is 0 Å². The molecule has 1 unspecified atom stereocenters. The van der Waals surface area contributed by atoms with E-state index in [9.17, 15) is 22.4 Å². The maximum atomic E-state index is 14.0. The van der Waals surface area contributed by atoms with Crippen molar-refractivity contribution in [3.63, 3.8) is 0 Å². The Morgan fingerprint density at radius 2 is 1.89 bits per heavy atom. The molecule has 0 radical (unpaired) electrons. The molecule has 0 aliphatic carbocycles. The van der Waals surface area contributed by atoms with Gasteiger partial charge in [-0.1, -0.05) is 19.1 Å². The van der Waals surface area contributed by atoms with Crippen LogP contribution in [0.3, 0.4) is 0 Å². The van der Waals surface area contributed by atoms with Crippen LogP contribution >= 0.6 is 0 Å². The highest BCUT2D eigenvalue weighted by Crippen LogP contribution is 2.31. The number of pyridine rings is 1. The first-order chi connectivity index (χ1) is 18.0. The number of hydrogen-bond donors (Lipinski definition) is 2. The van der Waals surface area contributed by atoms with E-state index in [0.717, 1.165) is 6.07 Å². The van der Waals surface area contributed by atoms with Gasteiger partial charge in [0.2, 0.25) is 11.8 Å². The van der Waals surface area contributed by atoms with Crippen molar-refractivity contribution in [1.82, 2.24) is 19.9 Å². The number of nitrogens with one attached hydrogen (secondary N) is 2. The highest BCUT2D eigenvalue weighted by molar-refractivity contribution is 7.92. The van der Waals surface area contributed by atoms with Crippen LogP contribution in [0.4, 0.5) is 10.1 Å². The van der Waals surface area contributed by atoms with Crippen LogP contribution in [0.1, 0.15) is 12.5 Å². The number of fused-ring (bicyclic) bond motifs is 1. The van der Waals surface area contributed by atoms with Gasteiger partial charge in [0.05, 0.1) is 35.2 Å². The number of rotatable bonds is 8. The summed E-state index contributed by atoms with van der Waals surface area (Å²) in [5, 5.41) is 2.88. The first kappa shape index (κ1) is 26.7. The quantitative estimate of drug-likeness (QED) is 0.352. The molecule has 0 saturated heterocycles. The number of carbonyl (C=O) groups excluding carboxylic acids is 1. The second-order valence-electron chi connectivity index (χ2n) is 8.75. The predicted octanol–water partition coefficient (Wildman–Crippen LogP) is 3.10. The zero-order valence-electron chi connectivity index (χ0n) is 21.1. The molecule has 2 aromatic heterocycles. The van der Waals surface area contributed by atoms with Crippen molar-refractivity contribution >= 4 is 32.5 Å². The van der Waals surface area contributed by atoms with E-state index in [1.807, 2.05) is 0 Å². The average Bonchev–Trinajstić information content (AvgIpc) is 2.90. The standard InChI is InChI=1S/C26H26FN5O5S/c1-15-5-7-19(11-21(15)27)38(35,36)31-23-10-18(12-29-25(23)37-4)17-6-8-22-20(9-17)26(34)32(14-30-22)13-16(2)24(33)28-3/h5-12,14,16,31H,13H2,1-4H3,(H,28,33). The molecule has 0 bridgehead atoms. The molecule has 1 amide bonds. The number of ether oxygens (including phenoxy) is 1. The summed E-state index contributed by atoms with van der Waals surface area (Å²) in [6.45, 7) is 3.40. The lowest BCUT2D eigenvalue weighted by Crippen LogP contribution is -2.32. The largest absolute Gasteiger partial charge is 0.480 e. The third-order valence-electron chi connectivity index (χ3n) is 6.06. The number of nitrogens with zero attached hydrogens (tertiary/aromatic N) is 3. The van der Waals surface area contributed by atoms with Crippen molar-refractivity contribution in [2.75, 3.05) is 18.9 Å². The van der Waals surface area contributed by atoms with Gasteiger partial charge in [0, 0.05) is 25.4 Å². The Balaban J connectivity index is 1.73. The van der Waals surface area contributed by atoms with Crippen LogP contribution in [0.15, 0.2) is 64.7 Å². The fourth-order valence-electron chi connectivity index (χ4n) is 3.88. The molecule has 2 N–H and O–H groups in total. The normalized spacial score (nSPS) is 12.2. The van der Waals surface area contributed by atoms with E-state index in [4.69, 9.17) is 4.74 Å². The minimum absolute atomic E-state index is 0.0120. The number of methoxy groups -OCH3 is 1. The molecule has 12 heteroatoms. The van der Waals surface area contributed by atoms with Gasteiger partial charge in [0.25, 0.3) is 15.6 Å². The Labute approximate surface area is 218 Å². The molecule has 0 saturated carbocycles. The van der Waals surface area contributed by atoms with Crippen LogP contribution in [0.5, 0.6) is 5.88 Å². The molecule has 38 heavy (non-hydrogen) atoms. The SMILES string of the molecule is CNC(=O)C(C)Cn1cnc2ccc(-c3cnc(OC)c(NS(=O)(=O)c4ccc(C)c(F)c4)c3)cc2c1=O. The maximum Gasteiger partial charge on any atom is 0.262 e. The van der Waals surface area contributed by atoms with E-state index in [1.54, 1.807) is 25.1 Å². The highest BCUT2D eigenvalue weighted by atomic mass is 32.2. The maximum absolute atomic E-state index is 14.0. The molecule has 4 aromatic rings. The van der Waals surface area contributed by atoms with Crippen LogP contribution in [0.2, 0.25) is 0 Å². The van der Waals surface area contributed by atoms with Gasteiger partial charge in [-0.2, -0.15) is 0 Å². The Bertz CT molecular complexity index is 1700. The van der Waals surface area contributed by atoms with Gasteiger partial charge < -0.3 is 10.1 Å². The number of carbonyl (C=O) groups is 1. The Hall–Kier alpha value is -4.32. The van der Waals surface area contributed by atoms with Gasteiger partial charge in [-0.3, -0.25) is 18.9 Å². The number of anilines is 1. The minimum Gasteiger partial charge on any atom is -0.480 e. The molecule has 0 spiro atoms. The van der Waals surface area contributed by atoms with Gasteiger partial charge >= 0.3 is 0 Å². The number of sulfonamides is 1. The molecule has 0 aliphatic rings. The molecule has 2 heterocycles. The van der Waals surface area contributed by atoms with Crippen LogP contribution in [0, 0.1) is 18.7 Å². The molecule has 1 atom stereocenters. The van der Waals surface area contributed by atoms with Crippen molar-refractivity contribution in [3.8, 4) is 17.0 Å². The van der Waals surface area contributed by atoms with Gasteiger partial charge in [-0.15, -0.1) is 0 Å². The summed E-state index contributed by atoms with van der Waals surface area (Å²) >= 11 is 0. The van der Waals surface area contributed by atoms with Crippen LogP contribution in [0.25, 0.3) is 22.0 Å². The van der Waals surface area contributed by atoms with Crippen molar-refractivity contribution in [2.45, 2.75) is 25.3 Å². The lowest BCUT2D eigenvalue weighted by Gasteiger charge is -2.14. The summed E-state index contributed by atoms with van der Waals surface area (Å²) in [7, 11) is -1.28. The minimum atomic E-state index is -4.16. The zero-order chi connectivity index (χ0) is 27.6. The number of hydrogen-bond acceptors (Lipinski definition) is 7. The van der Waals surface area contributed by atoms with E-state index in [2.05, 4.69) is 20.0 Å². The predicted molar refractivity (Wildman–Crippen MR) is 141 cm³/mol. The topological polar surface area (TPSA) is 132 Å². The molecular formula is C26H26FN5O5S. The summed E-state index contributed by atoms with van der Waals surface area (Å²) in [6.07, 6.45) is 2.88. The van der Waals surface area contributed by atoms with Crippen LogP contribution in [-0.4, -0.2) is 43.0 Å². The fourth-order valence-corrected chi connectivity index (χ4v) is 4.94. The lowest BCUT2D eigenvalue weighted by atomic mass is 10.0. The third-order valence-corrected chi connectivity index (χ3v) is 7.43. The van der Waals surface area contributed by atoms with E-state index in [1.165, 1.54) is 56.4 Å². The Kier molecular flexibility index (Phi) is 7.44. The van der Waals surface area contributed by atoms with Crippen molar-refractivity contribution < 1.29 is 22.3 Å². The Morgan fingerprint density at radius 1 is 1.13 bits per heavy atom. The number of halogens is 1. The lowest BCUT2D eigenvalue weighted by molar-refractivity contribution is -0.124. The number of amides is 1. The van der Waals surface area contributed by atoms with Crippen molar-refractivity contribution in [1.29, 1.82) is 0 Å². The smallest absolute Gasteiger partial charge is 0.262 e. The number of aromatic nitrogens is 3. The second kappa shape index (κ2) is 10.6. The molecule has 198 valence electrons. The van der Waals surface area contributed by atoms with Crippen LogP contribution < -0.4 is 20.3 Å². The molecule has 10 nitrogen and oxygen atoms in total. The van der Waals surface area contributed by atoms with E-state index in [-0.39, 0.29) is 34.5 Å². The second-order valence-corrected chi connectivity index (χ2v) is 10.4. The summed E-state index contributed by atoms with van der Waals surface area (Å²) in [4.78, 5) is 33.3. The summed E-state index contributed by atoms with van der Waals surface area (Å²) < 4.78 is 48.9. The summed E-state index contributed by atoms with van der Waals surface area (Å²) in [5.74, 6) is -1.27. The highest BCUT2D eigenvalue weighted by Gasteiger charge is 2.20. The number of benzene rings is 2. The van der Waals surface area contributed by atoms with E-state index in [0.29, 0.717) is 27.6 Å². The van der Waals surface area contributed by atoms with Gasteiger partial charge in [-0.25, -0.2) is 22.8 Å². The van der Waals surface area contributed by atoms with Gasteiger partial charge in [-0.05, 0) is 48.4 Å². The first-order valence-corrected chi connectivity index (χ1v) is 13.1. The van der Waals surface area contributed by atoms with E-state index < -0.39 is 21.8 Å². The molecule has 2 aromatic carbocycles. The molecule has 4 rings (SSSR count). The third kappa shape index (κ3) is 5.35. The van der Waals surface area contributed by atoms with Crippen LogP contribution in [-0.2, 0) is 21.4 Å². The first-order valence-electron chi connectivity index (χ1n) is 11.6. The average molecular weight is 540 g/mol. The van der Waals surface area contributed by atoms with Crippen molar-refractivity contribution in [3.05, 3.63) is 76.7 Å². The van der Waals surface area contributed by atoms with Gasteiger partial charge in [0.15, 0.2) is 0 Å². The molecule has 0 fully saturated rings. The fraction of sp³-hybridized carbons (Fsp3) is 0.231.